The summed E-state index contributed by atoms with van der Waals surface area (Å²) in [7, 11) is 4.66. The number of fused-ring (bicyclic) bond motifs is 1. The minimum Gasteiger partial charge on any atom is -0.497 e. The number of aryl methyl sites for hydroxylation is 1. The predicted molar refractivity (Wildman–Crippen MR) is 271 cm³/mol. The number of rotatable bonds is 17. The van der Waals surface area contributed by atoms with Crippen molar-refractivity contribution in [3.05, 3.63) is 135 Å². The first-order valence-electron chi connectivity index (χ1n) is 24.1. The van der Waals surface area contributed by atoms with Gasteiger partial charge in [-0.3, -0.25) is 4.90 Å². The Morgan fingerprint density at radius 2 is 1.48 bits per heavy atom. The number of ether oxygens (including phenoxy) is 5. The van der Waals surface area contributed by atoms with Crippen LogP contribution in [-0.2, 0) is 25.8 Å². The van der Waals surface area contributed by atoms with E-state index in [1.54, 1.807) is 52.1 Å². The van der Waals surface area contributed by atoms with Gasteiger partial charge in [0.15, 0.2) is 17.4 Å². The van der Waals surface area contributed by atoms with Crippen molar-refractivity contribution in [2.45, 2.75) is 70.0 Å². The van der Waals surface area contributed by atoms with Crippen molar-refractivity contribution in [2.24, 2.45) is 0 Å². The molecule has 75 heavy (non-hydrogen) atoms. The number of hydrogen-bond acceptors (Lipinski definition) is 14. The first kappa shape index (κ1) is 51.2. The van der Waals surface area contributed by atoms with Crippen molar-refractivity contribution < 1.29 is 50.0 Å². The van der Waals surface area contributed by atoms with Gasteiger partial charge in [0, 0.05) is 38.2 Å². The summed E-state index contributed by atoms with van der Waals surface area (Å²) >= 11 is 7.25. The van der Waals surface area contributed by atoms with E-state index < -0.39 is 75.8 Å². The molecule has 21 heteroatoms. The minimum atomic E-state index is -5.06. The highest BCUT2D eigenvalue weighted by Gasteiger charge is 2.60. The Balaban J connectivity index is 1.12. The molecule has 2 saturated heterocycles. The molecule has 6 heterocycles. The average molecular weight is 1060 g/mol. The number of halogens is 7. The Kier molecular flexibility index (Phi) is 13.9. The van der Waals surface area contributed by atoms with Crippen LogP contribution in [0.2, 0.25) is 5.02 Å². The fourth-order valence-corrected chi connectivity index (χ4v) is 10.6. The molecule has 0 bridgehead atoms. The molecule has 0 radical (unpaired) electrons. The molecule has 4 aromatic carbocycles. The average Bonchev–Trinajstić information content (AvgIpc) is 3.49. The Labute approximate surface area is 433 Å². The molecule has 2 atom stereocenters. The fourth-order valence-electron chi connectivity index (χ4n) is 10.2. The molecular weight excluding hydrogens is 1000 g/mol. The second-order valence-electron chi connectivity index (χ2n) is 18.9. The van der Waals surface area contributed by atoms with E-state index >= 15 is 17.6 Å². The lowest BCUT2D eigenvalue weighted by molar-refractivity contribution is -0.137. The van der Waals surface area contributed by atoms with Gasteiger partial charge in [0.2, 0.25) is 0 Å². The molecule has 0 amide bonds. The molecule has 3 aromatic heterocycles. The predicted octanol–water partition coefficient (Wildman–Crippen LogP) is 11.3. The van der Waals surface area contributed by atoms with E-state index in [0.717, 1.165) is 16.7 Å². The number of pyridine rings is 1. The second kappa shape index (κ2) is 20.4. The number of methoxy groups -OCH3 is 3. The maximum atomic E-state index is 18.2. The van der Waals surface area contributed by atoms with Crippen LogP contribution in [0, 0.1) is 12.7 Å². The molecule has 0 spiro atoms. The summed E-state index contributed by atoms with van der Waals surface area (Å²) in [6.45, 7) is 3.55. The van der Waals surface area contributed by atoms with E-state index in [1.807, 2.05) is 55.5 Å². The van der Waals surface area contributed by atoms with Gasteiger partial charge < -0.3 is 38.8 Å². The second-order valence-corrected chi connectivity index (χ2v) is 19.3. The largest absolute Gasteiger partial charge is 0.497 e. The number of anilines is 3. The van der Waals surface area contributed by atoms with Crippen molar-refractivity contribution >= 4 is 40.0 Å². The number of benzene rings is 4. The van der Waals surface area contributed by atoms with E-state index in [-0.39, 0.29) is 61.2 Å². The van der Waals surface area contributed by atoms with Gasteiger partial charge in [-0.1, -0.05) is 48.0 Å². The first-order valence-corrected chi connectivity index (χ1v) is 24.5. The molecular formula is C54H52ClF6N9O5. The smallest absolute Gasteiger partial charge is 0.418 e. The normalized spacial score (nSPS) is 17.4. The van der Waals surface area contributed by atoms with Gasteiger partial charge in [0.1, 0.15) is 47.6 Å². The summed E-state index contributed by atoms with van der Waals surface area (Å²) in [4.78, 5) is 19.3. The summed E-state index contributed by atoms with van der Waals surface area (Å²) in [5.41, 5.74) is -1.39. The van der Waals surface area contributed by atoms with E-state index in [1.165, 1.54) is 33.4 Å². The molecule has 2 fully saturated rings. The van der Waals surface area contributed by atoms with Crippen molar-refractivity contribution in [1.82, 2.24) is 30.0 Å². The summed E-state index contributed by atoms with van der Waals surface area (Å²) in [5.74, 6) is -1.93. The van der Waals surface area contributed by atoms with Gasteiger partial charge in [0.05, 0.1) is 79.4 Å². The Bertz CT molecular complexity index is 3180. The van der Waals surface area contributed by atoms with Gasteiger partial charge in [0.25, 0.3) is 5.92 Å². The number of hydrogen-bond donors (Lipinski definition) is 1. The zero-order chi connectivity index (χ0) is 52.8. The maximum absolute atomic E-state index is 18.2. The standard InChI is InChI=1S/C54H52ClF6N9O5/c1-31-24-40(68(26-34-8-14-37(72-4)15-9-34)27-35-10-16-38(73-5)17-11-35)64-46(43(31)54(59,60)61)41-44(55)48-42-47(45(41)56)65-51(75-30-52-19-21-69(52)29-53(57,58)28-52)66-50(42)70(22-23-74-48)32(2)39-18-20-63-67-49(39)62-25-33-6-12-36(71-3)13-7-33/h6-18,20,24,32H,19,21-23,25-30H2,1-5H3,(H,62,67). The molecule has 0 aliphatic carbocycles. The monoisotopic (exact) mass is 1060 g/mol. The Morgan fingerprint density at radius 1 is 0.853 bits per heavy atom. The highest BCUT2D eigenvalue weighted by Crippen LogP contribution is 2.52. The number of nitrogens with one attached hydrogen (secondary N) is 1. The molecule has 3 aliphatic rings. The molecule has 3 aliphatic heterocycles. The first-order chi connectivity index (χ1) is 36.0. The van der Waals surface area contributed by atoms with Crippen LogP contribution in [0.15, 0.2) is 91.1 Å². The van der Waals surface area contributed by atoms with Crippen LogP contribution in [0.4, 0.5) is 43.8 Å². The molecule has 7 aromatic rings. The SMILES string of the molecule is COc1ccc(CNc2nnccc2C(C)N2CCOc3c(Cl)c(-c4nc(N(Cc5ccc(OC)cc5)Cc5ccc(OC)cc5)cc(C)c4C(F)(F)F)c(F)c4nc(OCC56CCN5CC(F)(F)C6)nc2c34)cc1. The van der Waals surface area contributed by atoms with Gasteiger partial charge >= 0.3 is 12.2 Å². The van der Waals surface area contributed by atoms with Crippen LogP contribution >= 0.6 is 11.6 Å². The molecule has 1 N–H and O–H groups in total. The molecule has 0 saturated carbocycles. The lowest BCUT2D eigenvalue weighted by atomic mass is 9.85. The van der Waals surface area contributed by atoms with Gasteiger partial charge in [-0.25, -0.2) is 18.2 Å². The number of aromatic nitrogens is 5. The van der Waals surface area contributed by atoms with Crippen LogP contribution in [0.25, 0.3) is 22.2 Å². The molecule has 392 valence electrons. The van der Waals surface area contributed by atoms with Crippen molar-refractivity contribution in [3.63, 3.8) is 0 Å². The van der Waals surface area contributed by atoms with E-state index in [9.17, 15) is 8.78 Å². The number of nitrogens with zero attached hydrogens (tertiary/aromatic N) is 8. The van der Waals surface area contributed by atoms with Gasteiger partial charge in [-0.15, -0.1) is 5.10 Å². The summed E-state index contributed by atoms with van der Waals surface area (Å²) in [6.07, 6.45) is -3.59. The Hall–Kier alpha value is -7.32. The van der Waals surface area contributed by atoms with Crippen molar-refractivity contribution in [3.8, 4) is 40.3 Å². The zero-order valence-corrected chi connectivity index (χ0v) is 42.3. The van der Waals surface area contributed by atoms with Crippen LogP contribution in [0.3, 0.4) is 0 Å². The maximum Gasteiger partial charge on any atom is 0.418 e. The quantitative estimate of drug-likeness (QED) is 0.0868. The zero-order valence-electron chi connectivity index (χ0n) is 41.6. The number of alkyl halides is 5. The fraction of sp³-hybridized carbons (Fsp3) is 0.352. The lowest BCUT2D eigenvalue weighted by Gasteiger charge is -2.46. The Morgan fingerprint density at radius 3 is 2.05 bits per heavy atom. The van der Waals surface area contributed by atoms with E-state index in [0.29, 0.717) is 48.1 Å². The van der Waals surface area contributed by atoms with Gasteiger partial charge in [-0.2, -0.15) is 28.2 Å². The third-order valence-electron chi connectivity index (χ3n) is 14.2. The van der Waals surface area contributed by atoms with Gasteiger partial charge in [-0.05, 0) is 91.1 Å². The topological polar surface area (TPSA) is 132 Å². The summed E-state index contributed by atoms with van der Waals surface area (Å²) in [5, 5.41) is 11.4. The molecule has 14 nitrogen and oxygen atoms in total. The van der Waals surface area contributed by atoms with Crippen molar-refractivity contribution in [2.75, 3.05) is 69.3 Å². The molecule has 2 unspecified atom stereocenters. The van der Waals surface area contributed by atoms with Crippen LogP contribution < -0.4 is 38.8 Å². The summed E-state index contributed by atoms with van der Waals surface area (Å²) < 4.78 is 123. The van der Waals surface area contributed by atoms with E-state index in [4.69, 9.17) is 40.3 Å². The van der Waals surface area contributed by atoms with Crippen molar-refractivity contribution in [1.29, 1.82) is 0 Å². The molecule has 10 rings (SSSR count). The highest BCUT2D eigenvalue weighted by atomic mass is 35.5. The summed E-state index contributed by atoms with van der Waals surface area (Å²) in [6, 6.07) is 23.9. The van der Waals surface area contributed by atoms with Crippen LogP contribution in [0.1, 0.15) is 59.2 Å². The third-order valence-corrected chi connectivity index (χ3v) is 14.6. The lowest BCUT2D eigenvalue weighted by Crippen LogP contribution is -2.59. The van der Waals surface area contributed by atoms with Crippen LogP contribution in [0.5, 0.6) is 29.0 Å². The van der Waals surface area contributed by atoms with E-state index in [2.05, 4.69) is 25.5 Å². The highest BCUT2D eigenvalue weighted by molar-refractivity contribution is 6.36. The van der Waals surface area contributed by atoms with Crippen LogP contribution in [-0.4, -0.2) is 95.7 Å². The minimum absolute atomic E-state index is 0.0504. The third kappa shape index (κ3) is 10.2.